The molecular weight excluding hydrogens is 260 g/mol. The molecule has 0 spiro atoms. The lowest BCUT2D eigenvalue weighted by molar-refractivity contribution is -0.104. The number of aromatic nitrogens is 1. The van der Waals surface area contributed by atoms with Crippen molar-refractivity contribution in [3.05, 3.63) is 78.1 Å². The Labute approximate surface area is 126 Å². The van der Waals surface area contributed by atoms with Gasteiger partial charge in [0.05, 0.1) is 5.69 Å². The molecule has 0 radical (unpaired) electrons. The number of nitrogens with one attached hydrogen (secondary N) is 1. The summed E-state index contributed by atoms with van der Waals surface area (Å²) in [6.45, 7) is 4.57. The van der Waals surface area contributed by atoms with E-state index in [4.69, 9.17) is 0 Å². The molecule has 1 aromatic heterocycles. The minimum absolute atomic E-state index is 0.736. The van der Waals surface area contributed by atoms with E-state index >= 15 is 0 Å². The minimum Gasteiger partial charge on any atom is -0.316 e. The van der Waals surface area contributed by atoms with Crippen molar-refractivity contribution in [1.82, 2.24) is 10.3 Å². The number of pyridine rings is 1. The van der Waals surface area contributed by atoms with E-state index < -0.39 is 0 Å². The third kappa shape index (κ3) is 6.45. The van der Waals surface area contributed by atoms with Crippen LogP contribution in [0.5, 0.6) is 0 Å². The standard InChI is InChI=1S/C10H9NO.C8H11N/c1-2-10-9(6-4-8-12)5-3-7-11-10;1-9-7-8-5-3-2-4-6-8/h2-8H,1H2;2-6,9H,7H2,1H3/b6-4+;. The molecule has 1 aromatic carbocycles. The smallest absolute Gasteiger partial charge is 0.142 e. The number of benzene rings is 1. The maximum absolute atomic E-state index is 10.0. The van der Waals surface area contributed by atoms with Crippen LogP contribution in [0.25, 0.3) is 12.2 Å². The van der Waals surface area contributed by atoms with E-state index in [2.05, 4.69) is 29.0 Å². The van der Waals surface area contributed by atoms with Gasteiger partial charge in [0.25, 0.3) is 0 Å². The number of rotatable bonds is 5. The van der Waals surface area contributed by atoms with Crippen molar-refractivity contribution in [2.75, 3.05) is 7.05 Å². The molecule has 0 saturated carbocycles. The maximum Gasteiger partial charge on any atom is 0.142 e. The van der Waals surface area contributed by atoms with E-state index in [9.17, 15) is 4.79 Å². The first kappa shape index (κ1) is 16.5. The van der Waals surface area contributed by atoms with Crippen LogP contribution in [0, 0.1) is 0 Å². The molecule has 1 heterocycles. The van der Waals surface area contributed by atoms with Gasteiger partial charge in [-0.05, 0) is 36.9 Å². The van der Waals surface area contributed by atoms with Gasteiger partial charge < -0.3 is 5.32 Å². The molecule has 3 nitrogen and oxygen atoms in total. The van der Waals surface area contributed by atoms with Crippen LogP contribution in [0.1, 0.15) is 16.8 Å². The second kappa shape index (κ2) is 10.3. The molecule has 0 atom stereocenters. The number of carbonyl (C=O) groups excluding carboxylic acids is 1. The summed E-state index contributed by atoms with van der Waals surface area (Å²) in [7, 11) is 1.95. The van der Waals surface area contributed by atoms with Gasteiger partial charge in [0.15, 0.2) is 0 Å². The van der Waals surface area contributed by atoms with Crippen molar-refractivity contribution in [2.24, 2.45) is 0 Å². The lowest BCUT2D eigenvalue weighted by Gasteiger charge is -1.96. The number of nitrogens with zero attached hydrogens (tertiary/aromatic N) is 1. The fourth-order valence-corrected chi connectivity index (χ4v) is 1.68. The summed E-state index contributed by atoms with van der Waals surface area (Å²) in [6.07, 6.45) is 7.22. The van der Waals surface area contributed by atoms with Gasteiger partial charge in [-0.25, -0.2) is 0 Å². The number of allylic oxidation sites excluding steroid dienone is 1. The highest BCUT2D eigenvalue weighted by atomic mass is 16.1. The summed E-state index contributed by atoms with van der Waals surface area (Å²) >= 11 is 0. The molecule has 0 unspecified atom stereocenters. The van der Waals surface area contributed by atoms with E-state index in [0.717, 1.165) is 24.1 Å². The first-order valence-corrected chi connectivity index (χ1v) is 6.69. The van der Waals surface area contributed by atoms with Crippen molar-refractivity contribution in [3.8, 4) is 0 Å². The molecule has 1 N–H and O–H groups in total. The van der Waals surface area contributed by atoms with Gasteiger partial charge in [-0.3, -0.25) is 9.78 Å². The first-order valence-electron chi connectivity index (χ1n) is 6.69. The summed E-state index contributed by atoms with van der Waals surface area (Å²) in [6, 6.07) is 14.0. The molecule has 0 fully saturated rings. The van der Waals surface area contributed by atoms with Gasteiger partial charge in [-0.15, -0.1) is 0 Å². The molecule has 0 aliphatic heterocycles. The van der Waals surface area contributed by atoms with E-state index in [1.165, 1.54) is 11.6 Å². The van der Waals surface area contributed by atoms with Gasteiger partial charge >= 0.3 is 0 Å². The fraction of sp³-hybridized carbons (Fsp3) is 0.111. The van der Waals surface area contributed by atoms with E-state index in [-0.39, 0.29) is 0 Å². The van der Waals surface area contributed by atoms with Crippen molar-refractivity contribution < 1.29 is 4.79 Å². The second-order valence-electron chi connectivity index (χ2n) is 4.19. The molecule has 21 heavy (non-hydrogen) atoms. The zero-order valence-corrected chi connectivity index (χ0v) is 12.2. The summed E-state index contributed by atoms with van der Waals surface area (Å²) in [5.41, 5.74) is 3.02. The summed E-state index contributed by atoms with van der Waals surface area (Å²) in [4.78, 5) is 14.1. The molecule has 0 aliphatic carbocycles. The van der Waals surface area contributed by atoms with Crippen LogP contribution >= 0.6 is 0 Å². The average Bonchev–Trinajstić information content (AvgIpc) is 2.55. The van der Waals surface area contributed by atoms with Gasteiger partial charge in [-0.1, -0.05) is 43.0 Å². The van der Waals surface area contributed by atoms with Crippen LogP contribution < -0.4 is 5.32 Å². The zero-order valence-electron chi connectivity index (χ0n) is 12.2. The average molecular weight is 280 g/mol. The Balaban J connectivity index is 0.000000219. The van der Waals surface area contributed by atoms with Crippen molar-refractivity contribution in [3.63, 3.8) is 0 Å². The second-order valence-corrected chi connectivity index (χ2v) is 4.19. The molecule has 2 aromatic rings. The monoisotopic (exact) mass is 280 g/mol. The normalized spacial score (nSPS) is 9.76. The molecule has 2 rings (SSSR count). The van der Waals surface area contributed by atoms with Crippen LogP contribution in [0.2, 0.25) is 0 Å². The third-order valence-electron chi connectivity index (χ3n) is 2.64. The molecule has 0 bridgehead atoms. The SMILES string of the molecule is C=Cc1ncccc1/C=C/C=O.CNCc1ccccc1. The lowest BCUT2D eigenvalue weighted by atomic mass is 10.2. The van der Waals surface area contributed by atoms with Crippen molar-refractivity contribution in [1.29, 1.82) is 0 Å². The lowest BCUT2D eigenvalue weighted by Crippen LogP contribution is -2.04. The fourth-order valence-electron chi connectivity index (χ4n) is 1.68. The largest absolute Gasteiger partial charge is 0.316 e. The highest BCUT2D eigenvalue weighted by Gasteiger charge is 1.92. The topological polar surface area (TPSA) is 42.0 Å². The van der Waals surface area contributed by atoms with E-state index in [1.54, 1.807) is 18.3 Å². The van der Waals surface area contributed by atoms with Crippen LogP contribution in [0.15, 0.2) is 61.3 Å². The quantitative estimate of drug-likeness (QED) is 0.674. The Hall–Kier alpha value is -2.52. The Kier molecular flexibility index (Phi) is 8.10. The Morgan fingerprint density at radius 1 is 1.19 bits per heavy atom. The molecule has 108 valence electrons. The van der Waals surface area contributed by atoms with E-state index in [0.29, 0.717) is 0 Å². The van der Waals surface area contributed by atoms with Crippen LogP contribution in [-0.4, -0.2) is 18.3 Å². The Bertz CT molecular complexity index is 577. The molecule has 0 amide bonds. The first-order chi connectivity index (χ1) is 10.3. The van der Waals surface area contributed by atoms with Crippen molar-refractivity contribution in [2.45, 2.75) is 6.54 Å². The van der Waals surface area contributed by atoms with Gasteiger partial charge in [0.1, 0.15) is 6.29 Å². The highest BCUT2D eigenvalue weighted by molar-refractivity contribution is 5.75. The maximum atomic E-state index is 10.0. The summed E-state index contributed by atoms with van der Waals surface area (Å²) in [5.74, 6) is 0. The highest BCUT2D eigenvalue weighted by Crippen LogP contribution is 2.07. The number of hydrogen-bond donors (Lipinski definition) is 1. The summed E-state index contributed by atoms with van der Waals surface area (Å²) in [5, 5.41) is 3.08. The number of aldehydes is 1. The predicted octanol–water partition coefficient (Wildman–Crippen LogP) is 3.34. The van der Waals surface area contributed by atoms with E-state index in [1.807, 2.05) is 37.4 Å². The van der Waals surface area contributed by atoms with Crippen LogP contribution in [-0.2, 0) is 11.3 Å². The third-order valence-corrected chi connectivity index (χ3v) is 2.64. The Morgan fingerprint density at radius 3 is 2.57 bits per heavy atom. The predicted molar refractivity (Wildman–Crippen MR) is 88.6 cm³/mol. The number of carbonyl (C=O) groups is 1. The molecule has 3 heteroatoms. The molecular formula is C18H20N2O. The van der Waals surface area contributed by atoms with Gasteiger partial charge in [0.2, 0.25) is 0 Å². The molecule has 0 aliphatic rings. The van der Waals surface area contributed by atoms with Crippen LogP contribution in [0.3, 0.4) is 0 Å². The zero-order chi connectivity index (χ0) is 15.3. The Morgan fingerprint density at radius 2 is 1.95 bits per heavy atom. The van der Waals surface area contributed by atoms with Gasteiger partial charge in [0, 0.05) is 18.3 Å². The molecule has 0 saturated heterocycles. The minimum atomic E-state index is 0.736. The van der Waals surface area contributed by atoms with Gasteiger partial charge in [-0.2, -0.15) is 0 Å². The number of hydrogen-bond acceptors (Lipinski definition) is 3. The van der Waals surface area contributed by atoms with Crippen molar-refractivity contribution >= 4 is 18.4 Å². The summed E-state index contributed by atoms with van der Waals surface area (Å²) < 4.78 is 0. The van der Waals surface area contributed by atoms with Crippen LogP contribution in [0.4, 0.5) is 0 Å².